The molecule has 0 fully saturated rings. The van der Waals surface area contributed by atoms with Crippen LogP contribution in [0.25, 0.3) is 11.0 Å². The molecule has 0 aliphatic carbocycles. The van der Waals surface area contributed by atoms with E-state index in [9.17, 15) is 4.39 Å². The fraction of sp³-hybridized carbons (Fsp3) is 0.278. The van der Waals surface area contributed by atoms with E-state index < -0.39 is 0 Å². The van der Waals surface area contributed by atoms with Crippen LogP contribution in [0.5, 0.6) is 0 Å². The lowest BCUT2D eigenvalue weighted by Gasteiger charge is -2.20. The number of anilines is 1. The van der Waals surface area contributed by atoms with E-state index in [-0.39, 0.29) is 11.2 Å². The summed E-state index contributed by atoms with van der Waals surface area (Å²) in [6.07, 6.45) is 0. The predicted octanol–water partition coefficient (Wildman–Crippen LogP) is 4.10. The fourth-order valence-corrected chi connectivity index (χ4v) is 2.67. The van der Waals surface area contributed by atoms with Crippen molar-refractivity contribution in [1.82, 2.24) is 9.55 Å². The van der Waals surface area contributed by atoms with Crippen LogP contribution in [-0.4, -0.2) is 9.55 Å². The van der Waals surface area contributed by atoms with E-state index in [1.807, 2.05) is 18.2 Å². The number of imidazole rings is 1. The Bertz CT molecular complexity index is 811. The number of fused-ring (bicyclic) bond motifs is 1. The number of para-hydroxylation sites is 1. The zero-order valence-electron chi connectivity index (χ0n) is 13.1. The van der Waals surface area contributed by atoms with Gasteiger partial charge in [0.2, 0.25) is 0 Å². The third-order valence-electron chi connectivity index (χ3n) is 3.73. The SMILES string of the molecule is CC(C)(C)c1nc2c(N)cccc2n1Cc1ccc(F)cc1. The van der Waals surface area contributed by atoms with Gasteiger partial charge in [-0.25, -0.2) is 9.37 Å². The molecule has 0 spiro atoms. The Balaban J connectivity index is 2.17. The predicted molar refractivity (Wildman–Crippen MR) is 88.3 cm³/mol. The van der Waals surface area contributed by atoms with Crippen LogP contribution in [0.3, 0.4) is 0 Å². The van der Waals surface area contributed by atoms with Gasteiger partial charge in [0, 0.05) is 12.0 Å². The molecule has 0 saturated carbocycles. The number of benzene rings is 2. The number of aromatic nitrogens is 2. The summed E-state index contributed by atoms with van der Waals surface area (Å²) in [5, 5.41) is 0. The van der Waals surface area contributed by atoms with Gasteiger partial charge >= 0.3 is 0 Å². The second-order valence-electron chi connectivity index (χ2n) is 6.61. The summed E-state index contributed by atoms with van der Waals surface area (Å²) in [7, 11) is 0. The molecule has 114 valence electrons. The molecule has 0 atom stereocenters. The van der Waals surface area contributed by atoms with Crippen molar-refractivity contribution in [3.05, 3.63) is 59.7 Å². The topological polar surface area (TPSA) is 43.8 Å². The van der Waals surface area contributed by atoms with Gasteiger partial charge in [0.25, 0.3) is 0 Å². The van der Waals surface area contributed by atoms with Crippen LogP contribution in [0.1, 0.15) is 32.2 Å². The Morgan fingerprint density at radius 3 is 2.41 bits per heavy atom. The summed E-state index contributed by atoms with van der Waals surface area (Å²) in [6, 6.07) is 12.4. The highest BCUT2D eigenvalue weighted by Crippen LogP contribution is 2.29. The van der Waals surface area contributed by atoms with Crippen molar-refractivity contribution >= 4 is 16.7 Å². The minimum absolute atomic E-state index is 0.106. The smallest absolute Gasteiger partial charge is 0.123 e. The first kappa shape index (κ1) is 14.6. The van der Waals surface area contributed by atoms with Crippen molar-refractivity contribution < 1.29 is 4.39 Å². The third-order valence-corrected chi connectivity index (χ3v) is 3.73. The molecular weight excluding hydrogens is 277 g/mol. The molecule has 2 aromatic carbocycles. The van der Waals surface area contributed by atoms with E-state index >= 15 is 0 Å². The van der Waals surface area contributed by atoms with Gasteiger partial charge in [0.1, 0.15) is 17.2 Å². The van der Waals surface area contributed by atoms with Crippen LogP contribution in [0.2, 0.25) is 0 Å². The normalized spacial score (nSPS) is 12.0. The zero-order chi connectivity index (χ0) is 15.9. The fourth-order valence-electron chi connectivity index (χ4n) is 2.67. The number of nitrogens with zero attached hydrogens (tertiary/aromatic N) is 2. The summed E-state index contributed by atoms with van der Waals surface area (Å²) in [6.45, 7) is 7.04. The lowest BCUT2D eigenvalue weighted by Crippen LogP contribution is -2.19. The monoisotopic (exact) mass is 297 g/mol. The molecule has 0 saturated heterocycles. The lowest BCUT2D eigenvalue weighted by atomic mass is 9.95. The molecule has 0 aliphatic rings. The number of hydrogen-bond donors (Lipinski definition) is 1. The van der Waals surface area contributed by atoms with E-state index in [1.165, 1.54) is 12.1 Å². The van der Waals surface area contributed by atoms with Gasteiger partial charge in [-0.1, -0.05) is 39.0 Å². The van der Waals surface area contributed by atoms with Crippen molar-refractivity contribution in [2.45, 2.75) is 32.7 Å². The molecule has 3 rings (SSSR count). The Morgan fingerprint density at radius 2 is 1.77 bits per heavy atom. The van der Waals surface area contributed by atoms with Gasteiger partial charge in [-0.05, 0) is 29.8 Å². The molecule has 2 N–H and O–H groups in total. The van der Waals surface area contributed by atoms with Crippen LogP contribution in [0.15, 0.2) is 42.5 Å². The van der Waals surface area contributed by atoms with Crippen LogP contribution in [0, 0.1) is 5.82 Å². The first-order valence-electron chi connectivity index (χ1n) is 7.36. The number of nitrogen functional groups attached to an aromatic ring is 1. The second-order valence-corrected chi connectivity index (χ2v) is 6.61. The van der Waals surface area contributed by atoms with Crippen LogP contribution in [-0.2, 0) is 12.0 Å². The molecular formula is C18H20FN3. The molecule has 3 nitrogen and oxygen atoms in total. The van der Waals surface area contributed by atoms with Gasteiger partial charge in [-0.2, -0.15) is 0 Å². The van der Waals surface area contributed by atoms with Gasteiger partial charge in [-0.3, -0.25) is 0 Å². The quantitative estimate of drug-likeness (QED) is 0.724. The molecule has 3 aromatic rings. The Morgan fingerprint density at radius 1 is 1.09 bits per heavy atom. The van der Waals surface area contributed by atoms with Crippen molar-refractivity contribution in [3.63, 3.8) is 0 Å². The molecule has 0 unspecified atom stereocenters. The number of nitrogens with two attached hydrogens (primary N) is 1. The van der Waals surface area contributed by atoms with Gasteiger partial charge < -0.3 is 10.3 Å². The number of hydrogen-bond acceptors (Lipinski definition) is 2. The first-order chi connectivity index (χ1) is 10.4. The third kappa shape index (κ3) is 2.56. The van der Waals surface area contributed by atoms with Crippen LogP contribution < -0.4 is 5.73 Å². The lowest BCUT2D eigenvalue weighted by molar-refractivity contribution is 0.516. The average molecular weight is 297 g/mol. The summed E-state index contributed by atoms with van der Waals surface area (Å²) >= 11 is 0. The van der Waals surface area contributed by atoms with E-state index in [1.54, 1.807) is 12.1 Å². The van der Waals surface area contributed by atoms with Crippen molar-refractivity contribution in [3.8, 4) is 0 Å². The van der Waals surface area contributed by atoms with Gasteiger partial charge in [0.15, 0.2) is 0 Å². The highest BCUT2D eigenvalue weighted by Gasteiger charge is 2.23. The van der Waals surface area contributed by atoms with E-state index in [4.69, 9.17) is 10.7 Å². The molecule has 4 heteroatoms. The molecule has 0 amide bonds. The average Bonchev–Trinajstić information content (AvgIpc) is 2.82. The van der Waals surface area contributed by atoms with Crippen molar-refractivity contribution in [1.29, 1.82) is 0 Å². The Hall–Kier alpha value is -2.36. The van der Waals surface area contributed by atoms with E-state index in [2.05, 4.69) is 25.3 Å². The Labute approximate surface area is 129 Å². The Kier molecular flexibility index (Phi) is 3.39. The van der Waals surface area contributed by atoms with Crippen LogP contribution >= 0.6 is 0 Å². The standard InChI is InChI=1S/C18H20FN3/c1-18(2,3)17-21-16-14(20)5-4-6-15(16)22(17)11-12-7-9-13(19)10-8-12/h4-10H,11,20H2,1-3H3. The highest BCUT2D eigenvalue weighted by molar-refractivity contribution is 5.87. The second kappa shape index (κ2) is 5.13. The molecule has 0 bridgehead atoms. The van der Waals surface area contributed by atoms with Crippen molar-refractivity contribution in [2.75, 3.05) is 5.73 Å². The largest absolute Gasteiger partial charge is 0.397 e. The van der Waals surface area contributed by atoms with Gasteiger partial charge in [-0.15, -0.1) is 0 Å². The summed E-state index contributed by atoms with van der Waals surface area (Å²) in [4.78, 5) is 4.76. The number of rotatable bonds is 2. The molecule has 22 heavy (non-hydrogen) atoms. The summed E-state index contributed by atoms with van der Waals surface area (Å²) in [5.74, 6) is 0.754. The van der Waals surface area contributed by atoms with Crippen molar-refractivity contribution in [2.24, 2.45) is 0 Å². The maximum atomic E-state index is 13.1. The molecule has 1 heterocycles. The summed E-state index contributed by atoms with van der Waals surface area (Å²) in [5.41, 5.74) is 9.52. The highest BCUT2D eigenvalue weighted by atomic mass is 19.1. The molecule has 1 aromatic heterocycles. The minimum Gasteiger partial charge on any atom is -0.397 e. The number of halogens is 1. The van der Waals surface area contributed by atoms with E-state index in [0.29, 0.717) is 12.2 Å². The maximum absolute atomic E-state index is 13.1. The molecule has 0 aliphatic heterocycles. The van der Waals surface area contributed by atoms with Crippen LogP contribution in [0.4, 0.5) is 10.1 Å². The first-order valence-corrected chi connectivity index (χ1v) is 7.36. The van der Waals surface area contributed by atoms with Gasteiger partial charge in [0.05, 0.1) is 11.2 Å². The zero-order valence-corrected chi connectivity index (χ0v) is 13.1. The van der Waals surface area contributed by atoms with E-state index in [0.717, 1.165) is 22.4 Å². The minimum atomic E-state index is -0.223. The summed E-state index contributed by atoms with van der Waals surface area (Å²) < 4.78 is 15.3. The molecule has 0 radical (unpaired) electrons. The maximum Gasteiger partial charge on any atom is 0.123 e.